The molecular formula is C31H25N. The molecule has 0 aliphatic rings. The van der Waals surface area contributed by atoms with Crippen LogP contribution >= 0.6 is 0 Å². The Balaban J connectivity index is 1.66. The fourth-order valence-electron chi connectivity index (χ4n) is 4.25. The fraction of sp³-hybridized carbons (Fsp3) is 0.0323. The van der Waals surface area contributed by atoms with Gasteiger partial charge in [-0.25, -0.2) is 0 Å². The van der Waals surface area contributed by atoms with Crippen LogP contribution in [0.1, 0.15) is 0 Å². The van der Waals surface area contributed by atoms with Crippen LogP contribution < -0.4 is 4.90 Å². The maximum Gasteiger partial charge on any atom is 0.0488 e. The Morgan fingerprint density at radius 2 is 0.844 bits per heavy atom. The van der Waals surface area contributed by atoms with Crippen molar-refractivity contribution < 1.29 is 0 Å². The molecule has 5 aromatic carbocycles. The summed E-state index contributed by atoms with van der Waals surface area (Å²) in [5, 5.41) is 0. The number of hydrogen-bond acceptors (Lipinski definition) is 1. The van der Waals surface area contributed by atoms with E-state index in [0.29, 0.717) is 0 Å². The molecule has 0 saturated heterocycles. The maximum absolute atomic E-state index is 2.31. The van der Waals surface area contributed by atoms with Crippen molar-refractivity contribution in [3.05, 3.63) is 133 Å². The van der Waals surface area contributed by atoms with E-state index in [9.17, 15) is 0 Å². The third-order valence-electron chi connectivity index (χ3n) is 5.90. The summed E-state index contributed by atoms with van der Waals surface area (Å²) in [7, 11) is 2.16. The number of benzene rings is 5. The molecule has 0 unspecified atom stereocenters. The SMILES string of the molecule is CN(c1ccccc1-c1ccccc1)c1ccc(-c2ccccc2)cc1-c1ccccc1. The monoisotopic (exact) mass is 411 g/mol. The van der Waals surface area contributed by atoms with Gasteiger partial charge in [0.25, 0.3) is 0 Å². The highest BCUT2D eigenvalue weighted by atomic mass is 15.1. The van der Waals surface area contributed by atoms with Crippen molar-refractivity contribution in [2.24, 2.45) is 0 Å². The molecule has 0 radical (unpaired) electrons. The third kappa shape index (κ3) is 3.93. The molecule has 0 aromatic heterocycles. The molecule has 0 heterocycles. The maximum atomic E-state index is 2.31. The van der Waals surface area contributed by atoms with Gasteiger partial charge in [-0.3, -0.25) is 0 Å². The lowest BCUT2D eigenvalue weighted by Gasteiger charge is -2.26. The quantitative estimate of drug-likeness (QED) is 0.280. The summed E-state index contributed by atoms with van der Waals surface area (Å²) in [6.45, 7) is 0. The van der Waals surface area contributed by atoms with E-state index in [0.717, 1.165) is 0 Å². The Labute approximate surface area is 190 Å². The number of rotatable bonds is 5. The molecule has 0 amide bonds. The molecule has 1 nitrogen and oxygen atoms in total. The molecule has 0 atom stereocenters. The van der Waals surface area contributed by atoms with Gasteiger partial charge in [-0.15, -0.1) is 0 Å². The molecule has 0 fully saturated rings. The van der Waals surface area contributed by atoms with Gasteiger partial charge in [-0.2, -0.15) is 0 Å². The van der Waals surface area contributed by atoms with Crippen molar-refractivity contribution in [3.8, 4) is 33.4 Å². The Hall–Kier alpha value is -4.10. The van der Waals surface area contributed by atoms with Crippen LogP contribution in [0.25, 0.3) is 33.4 Å². The summed E-state index contributed by atoms with van der Waals surface area (Å²) in [5.74, 6) is 0. The lowest BCUT2D eigenvalue weighted by Crippen LogP contribution is -2.12. The van der Waals surface area contributed by atoms with Crippen LogP contribution in [-0.2, 0) is 0 Å². The summed E-state index contributed by atoms with van der Waals surface area (Å²) in [5.41, 5.74) is 9.68. The first kappa shape index (κ1) is 19.8. The minimum atomic E-state index is 1.18. The molecular weight excluding hydrogens is 386 g/mol. The summed E-state index contributed by atoms with van der Waals surface area (Å²) >= 11 is 0. The summed E-state index contributed by atoms with van der Waals surface area (Å²) in [6.07, 6.45) is 0. The summed E-state index contributed by atoms with van der Waals surface area (Å²) in [4.78, 5) is 2.30. The van der Waals surface area contributed by atoms with Crippen molar-refractivity contribution in [1.82, 2.24) is 0 Å². The molecule has 5 rings (SSSR count). The highest BCUT2D eigenvalue weighted by molar-refractivity contribution is 5.90. The normalized spacial score (nSPS) is 10.7. The number of hydrogen-bond donors (Lipinski definition) is 0. The van der Waals surface area contributed by atoms with Crippen molar-refractivity contribution in [2.45, 2.75) is 0 Å². The fourth-order valence-corrected chi connectivity index (χ4v) is 4.25. The number of para-hydroxylation sites is 1. The first-order valence-corrected chi connectivity index (χ1v) is 10.9. The highest BCUT2D eigenvalue weighted by Gasteiger charge is 2.15. The Bertz CT molecular complexity index is 1310. The average Bonchev–Trinajstić information content (AvgIpc) is 2.89. The molecule has 0 aliphatic carbocycles. The topological polar surface area (TPSA) is 3.24 Å². The summed E-state index contributed by atoms with van der Waals surface area (Å²) < 4.78 is 0. The molecule has 154 valence electrons. The van der Waals surface area contributed by atoms with E-state index in [1.807, 2.05) is 0 Å². The van der Waals surface area contributed by atoms with Crippen LogP contribution in [0.2, 0.25) is 0 Å². The van der Waals surface area contributed by atoms with Gasteiger partial charge in [0, 0.05) is 29.5 Å². The summed E-state index contributed by atoms with van der Waals surface area (Å²) in [6, 6.07) is 47.2. The first-order valence-electron chi connectivity index (χ1n) is 10.9. The van der Waals surface area contributed by atoms with Crippen LogP contribution in [-0.4, -0.2) is 7.05 Å². The molecule has 0 aliphatic heterocycles. The van der Waals surface area contributed by atoms with E-state index in [1.54, 1.807) is 0 Å². The Morgan fingerprint density at radius 1 is 0.375 bits per heavy atom. The second-order valence-electron chi connectivity index (χ2n) is 7.91. The molecule has 32 heavy (non-hydrogen) atoms. The standard InChI is InChI=1S/C31H25N/c1-32(30-20-12-11-19-28(30)25-15-7-3-8-16-25)31-22-21-27(24-13-5-2-6-14-24)23-29(31)26-17-9-4-10-18-26/h2-23H,1H3. The minimum Gasteiger partial charge on any atom is -0.344 e. The van der Waals surface area contributed by atoms with Gasteiger partial charge in [-0.1, -0.05) is 115 Å². The zero-order chi connectivity index (χ0) is 21.8. The predicted octanol–water partition coefficient (Wildman–Crippen LogP) is 8.46. The molecule has 0 bridgehead atoms. The van der Waals surface area contributed by atoms with Gasteiger partial charge in [0.1, 0.15) is 0 Å². The van der Waals surface area contributed by atoms with Gasteiger partial charge >= 0.3 is 0 Å². The zero-order valence-corrected chi connectivity index (χ0v) is 18.1. The largest absolute Gasteiger partial charge is 0.344 e. The molecule has 5 aromatic rings. The lowest BCUT2D eigenvalue weighted by molar-refractivity contribution is 1.21. The van der Waals surface area contributed by atoms with Crippen molar-refractivity contribution in [3.63, 3.8) is 0 Å². The van der Waals surface area contributed by atoms with Crippen molar-refractivity contribution in [1.29, 1.82) is 0 Å². The van der Waals surface area contributed by atoms with Gasteiger partial charge in [0.15, 0.2) is 0 Å². The Morgan fingerprint density at radius 3 is 1.47 bits per heavy atom. The van der Waals surface area contributed by atoms with E-state index >= 15 is 0 Å². The molecule has 0 N–H and O–H groups in total. The number of anilines is 2. The van der Waals surface area contributed by atoms with E-state index < -0.39 is 0 Å². The van der Waals surface area contributed by atoms with Gasteiger partial charge in [-0.05, 0) is 40.5 Å². The van der Waals surface area contributed by atoms with Crippen LogP contribution in [0.4, 0.5) is 11.4 Å². The minimum absolute atomic E-state index is 1.18. The predicted molar refractivity (Wildman–Crippen MR) is 137 cm³/mol. The van der Waals surface area contributed by atoms with E-state index in [1.165, 1.54) is 44.8 Å². The first-order chi connectivity index (χ1) is 15.8. The molecule has 1 heteroatoms. The van der Waals surface area contributed by atoms with Crippen LogP contribution in [0, 0.1) is 0 Å². The van der Waals surface area contributed by atoms with E-state index in [2.05, 4.69) is 145 Å². The van der Waals surface area contributed by atoms with E-state index in [4.69, 9.17) is 0 Å². The van der Waals surface area contributed by atoms with Crippen molar-refractivity contribution in [2.75, 3.05) is 11.9 Å². The van der Waals surface area contributed by atoms with Gasteiger partial charge in [0.05, 0.1) is 0 Å². The average molecular weight is 412 g/mol. The second kappa shape index (κ2) is 8.95. The Kier molecular flexibility index (Phi) is 5.55. The smallest absolute Gasteiger partial charge is 0.0488 e. The van der Waals surface area contributed by atoms with Crippen LogP contribution in [0.15, 0.2) is 133 Å². The third-order valence-corrected chi connectivity index (χ3v) is 5.90. The number of nitrogens with zero attached hydrogens (tertiary/aromatic N) is 1. The highest BCUT2D eigenvalue weighted by Crippen LogP contribution is 2.40. The van der Waals surface area contributed by atoms with Crippen LogP contribution in [0.3, 0.4) is 0 Å². The lowest BCUT2D eigenvalue weighted by atomic mass is 9.96. The zero-order valence-electron chi connectivity index (χ0n) is 18.1. The van der Waals surface area contributed by atoms with Crippen LogP contribution in [0.5, 0.6) is 0 Å². The van der Waals surface area contributed by atoms with Crippen molar-refractivity contribution >= 4 is 11.4 Å². The second-order valence-corrected chi connectivity index (χ2v) is 7.91. The van der Waals surface area contributed by atoms with Gasteiger partial charge in [0.2, 0.25) is 0 Å². The molecule has 0 spiro atoms. The van der Waals surface area contributed by atoms with E-state index in [-0.39, 0.29) is 0 Å². The molecule has 0 saturated carbocycles. The van der Waals surface area contributed by atoms with Gasteiger partial charge < -0.3 is 4.90 Å².